The zero-order valence-electron chi connectivity index (χ0n) is 11.8. The van der Waals surface area contributed by atoms with Gasteiger partial charge in [-0.05, 0) is 18.2 Å². The average Bonchev–Trinajstić information content (AvgIpc) is 2.44. The van der Waals surface area contributed by atoms with Crippen molar-refractivity contribution in [2.45, 2.75) is 4.90 Å². The second kappa shape index (κ2) is 7.19. The number of rotatable bonds is 7. The summed E-state index contributed by atoms with van der Waals surface area (Å²) >= 11 is 0. The fourth-order valence-electron chi connectivity index (χ4n) is 1.55. The highest BCUT2D eigenvalue weighted by atomic mass is 32.2. The minimum absolute atomic E-state index is 0.00903. The van der Waals surface area contributed by atoms with E-state index in [1.54, 1.807) is 0 Å². The monoisotopic (exact) mass is 316 g/mol. The lowest BCUT2D eigenvalue weighted by atomic mass is 10.3. The second-order valence-electron chi connectivity index (χ2n) is 4.15. The van der Waals surface area contributed by atoms with Crippen LogP contribution in [0.1, 0.15) is 0 Å². The summed E-state index contributed by atoms with van der Waals surface area (Å²) in [5.74, 6) is -1.19. The number of hydrogen-bond donors (Lipinski definition) is 1. The van der Waals surface area contributed by atoms with E-state index in [-0.39, 0.29) is 17.2 Å². The number of amides is 1. The largest absolute Gasteiger partial charge is 0.495 e. The van der Waals surface area contributed by atoms with E-state index in [1.165, 1.54) is 26.3 Å². The molecule has 1 aromatic rings. The molecular weight excluding hydrogens is 299 g/mol. The molecule has 0 radical (unpaired) electrons. The molecule has 0 saturated heterocycles. The third-order valence-corrected chi connectivity index (χ3v) is 4.45. The second-order valence-corrected chi connectivity index (χ2v) is 6.16. The number of likely N-dealkylation sites (N-methyl/N-ethyl adjacent to an activating group) is 1. The molecule has 0 aliphatic heterocycles. The quantitative estimate of drug-likeness (QED) is 0.754. The van der Waals surface area contributed by atoms with Crippen LogP contribution in [-0.4, -0.2) is 45.9 Å². The molecule has 21 heavy (non-hydrogen) atoms. The van der Waals surface area contributed by atoms with Crippen LogP contribution in [0.15, 0.2) is 35.7 Å². The molecule has 0 unspecified atom stereocenters. The molecule has 1 amide bonds. The van der Waals surface area contributed by atoms with Crippen molar-refractivity contribution in [3.05, 3.63) is 36.7 Å². The molecule has 0 saturated carbocycles. The number of carbonyl (C=O) groups is 1. The summed E-state index contributed by atoms with van der Waals surface area (Å²) in [6.07, 6.45) is 1.47. The number of sulfonamides is 1. The smallest absolute Gasteiger partial charge is 0.247 e. The van der Waals surface area contributed by atoms with Gasteiger partial charge in [0.15, 0.2) is 0 Å². The van der Waals surface area contributed by atoms with E-state index in [0.29, 0.717) is 0 Å². The number of hydrogen-bond acceptors (Lipinski definition) is 4. The predicted octanol–water partition coefficient (Wildman–Crippen LogP) is 0.757. The number of nitrogens with zero attached hydrogens (tertiary/aromatic N) is 1. The molecule has 0 heterocycles. The van der Waals surface area contributed by atoms with Crippen LogP contribution in [0, 0.1) is 5.82 Å². The van der Waals surface area contributed by atoms with Gasteiger partial charge in [-0.2, -0.15) is 4.31 Å². The van der Waals surface area contributed by atoms with Gasteiger partial charge < -0.3 is 10.1 Å². The van der Waals surface area contributed by atoms with Gasteiger partial charge >= 0.3 is 0 Å². The molecule has 1 N–H and O–H groups in total. The van der Waals surface area contributed by atoms with Crippen LogP contribution < -0.4 is 10.1 Å². The molecule has 0 aromatic heterocycles. The van der Waals surface area contributed by atoms with E-state index in [0.717, 1.165) is 16.4 Å². The minimum atomic E-state index is -4.04. The summed E-state index contributed by atoms with van der Waals surface area (Å²) in [7, 11) is -1.53. The van der Waals surface area contributed by atoms with Gasteiger partial charge in [0.25, 0.3) is 0 Å². The van der Waals surface area contributed by atoms with Gasteiger partial charge in [0.1, 0.15) is 16.5 Å². The molecule has 6 nitrogen and oxygen atoms in total. The fourth-order valence-corrected chi connectivity index (χ4v) is 2.84. The first-order chi connectivity index (χ1) is 9.82. The highest BCUT2D eigenvalue weighted by molar-refractivity contribution is 7.89. The van der Waals surface area contributed by atoms with Gasteiger partial charge in [0.2, 0.25) is 15.9 Å². The number of benzene rings is 1. The highest BCUT2D eigenvalue weighted by Gasteiger charge is 2.26. The van der Waals surface area contributed by atoms with E-state index in [9.17, 15) is 17.6 Å². The fraction of sp³-hybridized carbons (Fsp3) is 0.308. The lowest BCUT2D eigenvalue weighted by Crippen LogP contribution is -2.38. The molecule has 116 valence electrons. The number of halogens is 1. The van der Waals surface area contributed by atoms with Crippen LogP contribution in [0.4, 0.5) is 4.39 Å². The van der Waals surface area contributed by atoms with Crippen molar-refractivity contribution in [1.82, 2.24) is 9.62 Å². The van der Waals surface area contributed by atoms with E-state index < -0.39 is 28.3 Å². The Balaban J connectivity index is 3.02. The maximum absolute atomic E-state index is 13.3. The molecule has 0 atom stereocenters. The molecule has 1 rings (SSSR count). The number of ether oxygens (including phenoxy) is 1. The SMILES string of the molecule is C=CCNC(=O)CN(C)S(=O)(=O)c1cc(F)ccc1OC. The summed E-state index contributed by atoms with van der Waals surface area (Å²) in [4.78, 5) is 11.2. The normalized spacial score (nSPS) is 11.2. The summed E-state index contributed by atoms with van der Waals surface area (Å²) in [6, 6.07) is 3.16. The van der Waals surface area contributed by atoms with E-state index in [1.807, 2.05) is 0 Å². The molecule has 0 spiro atoms. The summed E-state index contributed by atoms with van der Waals surface area (Å²) < 4.78 is 43.7. The van der Waals surface area contributed by atoms with Crippen molar-refractivity contribution in [3.8, 4) is 5.75 Å². The van der Waals surface area contributed by atoms with Gasteiger partial charge in [-0.15, -0.1) is 6.58 Å². The van der Waals surface area contributed by atoms with Crippen LogP contribution in [-0.2, 0) is 14.8 Å². The Morgan fingerprint density at radius 1 is 1.52 bits per heavy atom. The Bertz CT molecular complexity index is 631. The Labute approximate surface area is 123 Å². The van der Waals surface area contributed by atoms with Gasteiger partial charge in [-0.1, -0.05) is 6.08 Å². The maximum atomic E-state index is 13.3. The number of nitrogens with one attached hydrogen (secondary N) is 1. The third kappa shape index (κ3) is 4.27. The third-order valence-electron chi connectivity index (χ3n) is 2.62. The molecular formula is C13H17FN2O4S. The molecule has 0 bridgehead atoms. The molecule has 0 aliphatic carbocycles. The van der Waals surface area contributed by atoms with Gasteiger partial charge in [-0.3, -0.25) is 4.79 Å². The summed E-state index contributed by atoms with van der Waals surface area (Å²) in [6.45, 7) is 3.27. The zero-order valence-corrected chi connectivity index (χ0v) is 12.6. The molecule has 8 heteroatoms. The van der Waals surface area contributed by atoms with Gasteiger partial charge in [0.05, 0.1) is 13.7 Å². The first-order valence-corrected chi connectivity index (χ1v) is 7.44. The van der Waals surface area contributed by atoms with Gasteiger partial charge in [0, 0.05) is 13.6 Å². The van der Waals surface area contributed by atoms with Crippen LogP contribution in [0.25, 0.3) is 0 Å². The van der Waals surface area contributed by atoms with Crippen LogP contribution >= 0.6 is 0 Å². The Hall–Kier alpha value is -1.93. The summed E-state index contributed by atoms with van der Waals surface area (Å²) in [5.41, 5.74) is 0. The van der Waals surface area contributed by atoms with E-state index >= 15 is 0 Å². The molecule has 1 aromatic carbocycles. The lowest BCUT2D eigenvalue weighted by Gasteiger charge is -2.18. The standard InChI is InChI=1S/C13H17FN2O4S/c1-4-7-15-13(17)9-16(2)21(18,19)12-8-10(14)5-6-11(12)20-3/h4-6,8H,1,7,9H2,2-3H3,(H,15,17). The zero-order chi connectivity index (χ0) is 16.0. The molecule has 0 fully saturated rings. The average molecular weight is 316 g/mol. The van der Waals surface area contributed by atoms with Crippen molar-refractivity contribution < 1.29 is 22.3 Å². The van der Waals surface area contributed by atoms with Crippen molar-refractivity contribution in [2.24, 2.45) is 0 Å². The number of carbonyl (C=O) groups excluding carboxylic acids is 1. The van der Waals surface area contributed by atoms with Crippen LogP contribution in [0.2, 0.25) is 0 Å². The van der Waals surface area contributed by atoms with Gasteiger partial charge in [-0.25, -0.2) is 12.8 Å². The topological polar surface area (TPSA) is 75.7 Å². The van der Waals surface area contributed by atoms with Crippen molar-refractivity contribution in [1.29, 1.82) is 0 Å². The first kappa shape index (κ1) is 17.1. The first-order valence-electron chi connectivity index (χ1n) is 6.00. The van der Waals surface area contributed by atoms with E-state index in [2.05, 4.69) is 11.9 Å². The van der Waals surface area contributed by atoms with Crippen LogP contribution in [0.3, 0.4) is 0 Å². The van der Waals surface area contributed by atoms with Crippen molar-refractivity contribution >= 4 is 15.9 Å². The van der Waals surface area contributed by atoms with Crippen molar-refractivity contribution in [2.75, 3.05) is 27.2 Å². The molecule has 0 aliphatic rings. The maximum Gasteiger partial charge on any atom is 0.247 e. The number of methoxy groups -OCH3 is 1. The Morgan fingerprint density at radius 2 is 2.19 bits per heavy atom. The predicted molar refractivity (Wildman–Crippen MR) is 76.0 cm³/mol. The Kier molecular flexibility index (Phi) is 5.86. The van der Waals surface area contributed by atoms with Crippen molar-refractivity contribution in [3.63, 3.8) is 0 Å². The van der Waals surface area contributed by atoms with E-state index in [4.69, 9.17) is 4.74 Å². The summed E-state index contributed by atoms with van der Waals surface area (Å²) in [5, 5.41) is 2.46. The van der Waals surface area contributed by atoms with Crippen LogP contribution in [0.5, 0.6) is 5.75 Å². The minimum Gasteiger partial charge on any atom is -0.495 e. The highest BCUT2D eigenvalue weighted by Crippen LogP contribution is 2.26. The lowest BCUT2D eigenvalue weighted by molar-refractivity contribution is -0.120. The Morgan fingerprint density at radius 3 is 2.76 bits per heavy atom.